The van der Waals surface area contributed by atoms with E-state index >= 15 is 0 Å². The lowest BCUT2D eigenvalue weighted by molar-refractivity contribution is 0.193. The number of aliphatic hydroxyl groups is 1. The highest BCUT2D eigenvalue weighted by molar-refractivity contribution is 5.40. The van der Waals surface area contributed by atoms with E-state index in [2.05, 4.69) is 4.98 Å². The SMILES string of the molecule is CC(O)c1cnc2ccc(F)cn12. The molecule has 0 aliphatic rings. The van der Waals surface area contributed by atoms with Gasteiger partial charge in [-0.1, -0.05) is 0 Å². The van der Waals surface area contributed by atoms with Gasteiger partial charge in [0.15, 0.2) is 0 Å². The van der Waals surface area contributed by atoms with Crippen LogP contribution in [0.1, 0.15) is 18.7 Å². The van der Waals surface area contributed by atoms with E-state index in [-0.39, 0.29) is 5.82 Å². The highest BCUT2D eigenvalue weighted by atomic mass is 19.1. The quantitative estimate of drug-likeness (QED) is 0.722. The van der Waals surface area contributed by atoms with Crippen LogP contribution in [-0.2, 0) is 0 Å². The molecule has 0 fully saturated rings. The second kappa shape index (κ2) is 2.81. The third kappa shape index (κ3) is 1.29. The molecule has 3 nitrogen and oxygen atoms in total. The van der Waals surface area contributed by atoms with Crippen LogP contribution in [0, 0.1) is 5.82 Å². The summed E-state index contributed by atoms with van der Waals surface area (Å²) in [4.78, 5) is 4.02. The maximum absolute atomic E-state index is 12.8. The first-order valence-electron chi connectivity index (χ1n) is 3.99. The molecule has 0 aliphatic carbocycles. The molecule has 13 heavy (non-hydrogen) atoms. The molecule has 0 saturated carbocycles. The molecule has 1 atom stereocenters. The third-order valence-corrected chi connectivity index (χ3v) is 1.93. The number of hydrogen-bond donors (Lipinski definition) is 1. The molecule has 1 unspecified atom stereocenters. The Bertz CT molecular complexity index is 436. The first kappa shape index (κ1) is 8.19. The Kier molecular flexibility index (Phi) is 1.77. The van der Waals surface area contributed by atoms with Crippen molar-refractivity contribution < 1.29 is 9.50 Å². The van der Waals surface area contributed by atoms with E-state index in [0.29, 0.717) is 11.3 Å². The van der Waals surface area contributed by atoms with E-state index in [1.807, 2.05) is 0 Å². The van der Waals surface area contributed by atoms with E-state index in [1.54, 1.807) is 23.6 Å². The predicted molar refractivity (Wildman–Crippen MR) is 45.8 cm³/mol. The lowest BCUT2D eigenvalue weighted by Crippen LogP contribution is -1.97. The second-order valence-corrected chi connectivity index (χ2v) is 2.93. The Morgan fingerprint density at radius 3 is 3.00 bits per heavy atom. The van der Waals surface area contributed by atoms with Crippen molar-refractivity contribution in [2.24, 2.45) is 0 Å². The van der Waals surface area contributed by atoms with Crippen molar-refractivity contribution in [1.82, 2.24) is 9.38 Å². The molecule has 2 aromatic rings. The predicted octanol–water partition coefficient (Wildman–Crippen LogP) is 1.53. The van der Waals surface area contributed by atoms with Crippen LogP contribution < -0.4 is 0 Å². The van der Waals surface area contributed by atoms with Crippen LogP contribution in [0.15, 0.2) is 24.5 Å². The second-order valence-electron chi connectivity index (χ2n) is 2.93. The number of fused-ring (bicyclic) bond motifs is 1. The van der Waals surface area contributed by atoms with Crippen LogP contribution in [0.25, 0.3) is 5.65 Å². The molecule has 0 bridgehead atoms. The molecule has 1 N–H and O–H groups in total. The Balaban J connectivity index is 2.71. The van der Waals surface area contributed by atoms with E-state index in [0.717, 1.165) is 0 Å². The lowest BCUT2D eigenvalue weighted by Gasteiger charge is -2.03. The van der Waals surface area contributed by atoms with Crippen LogP contribution in [0.4, 0.5) is 4.39 Å². The fourth-order valence-electron chi connectivity index (χ4n) is 1.28. The minimum absolute atomic E-state index is 0.340. The van der Waals surface area contributed by atoms with Gasteiger partial charge in [0.05, 0.1) is 18.0 Å². The minimum Gasteiger partial charge on any atom is -0.387 e. The molecule has 68 valence electrons. The summed E-state index contributed by atoms with van der Waals surface area (Å²) >= 11 is 0. The van der Waals surface area contributed by atoms with Crippen LogP contribution in [0.5, 0.6) is 0 Å². The van der Waals surface area contributed by atoms with Gasteiger partial charge in [0.25, 0.3) is 0 Å². The van der Waals surface area contributed by atoms with Gasteiger partial charge in [-0.25, -0.2) is 9.37 Å². The number of pyridine rings is 1. The molecule has 2 rings (SSSR count). The molecule has 0 amide bonds. The van der Waals surface area contributed by atoms with E-state index in [4.69, 9.17) is 0 Å². The molecular weight excluding hydrogens is 171 g/mol. The first-order chi connectivity index (χ1) is 6.18. The van der Waals surface area contributed by atoms with Gasteiger partial charge in [-0.05, 0) is 19.1 Å². The zero-order chi connectivity index (χ0) is 9.42. The average Bonchev–Trinajstić information content (AvgIpc) is 2.46. The molecule has 0 spiro atoms. The molecule has 4 heteroatoms. The fraction of sp³-hybridized carbons (Fsp3) is 0.222. The van der Waals surface area contributed by atoms with Crippen molar-refractivity contribution >= 4 is 5.65 Å². The normalized spacial score (nSPS) is 13.5. The van der Waals surface area contributed by atoms with Gasteiger partial charge in [0, 0.05) is 6.20 Å². The molecule has 2 aromatic heterocycles. The van der Waals surface area contributed by atoms with Crippen molar-refractivity contribution in [2.75, 3.05) is 0 Å². The number of rotatable bonds is 1. The van der Waals surface area contributed by atoms with Crippen molar-refractivity contribution in [3.05, 3.63) is 36.0 Å². The van der Waals surface area contributed by atoms with Gasteiger partial charge >= 0.3 is 0 Å². The van der Waals surface area contributed by atoms with E-state index in [1.165, 1.54) is 12.3 Å². The lowest BCUT2D eigenvalue weighted by atomic mass is 10.3. The Hall–Kier alpha value is -1.42. The number of aromatic nitrogens is 2. The summed E-state index contributed by atoms with van der Waals surface area (Å²) in [6.07, 6.45) is 2.21. The highest BCUT2D eigenvalue weighted by Gasteiger charge is 2.07. The summed E-state index contributed by atoms with van der Waals surface area (Å²) in [6.45, 7) is 1.62. The molecular formula is C9H9FN2O. The van der Waals surface area contributed by atoms with Gasteiger partial charge in [0.1, 0.15) is 11.5 Å². The number of halogens is 1. The standard InChI is InChI=1S/C9H9FN2O/c1-6(13)8-4-11-9-3-2-7(10)5-12(8)9/h2-6,13H,1H3. The average molecular weight is 180 g/mol. The Morgan fingerprint density at radius 1 is 1.54 bits per heavy atom. The van der Waals surface area contributed by atoms with Crippen molar-refractivity contribution in [3.8, 4) is 0 Å². The molecule has 0 saturated heterocycles. The van der Waals surface area contributed by atoms with Crippen molar-refractivity contribution in [1.29, 1.82) is 0 Å². The maximum Gasteiger partial charge on any atom is 0.139 e. The van der Waals surface area contributed by atoms with Crippen LogP contribution in [0.3, 0.4) is 0 Å². The van der Waals surface area contributed by atoms with Crippen LogP contribution >= 0.6 is 0 Å². The topological polar surface area (TPSA) is 37.5 Å². The van der Waals surface area contributed by atoms with Crippen molar-refractivity contribution in [2.45, 2.75) is 13.0 Å². The third-order valence-electron chi connectivity index (χ3n) is 1.93. The zero-order valence-electron chi connectivity index (χ0n) is 7.11. The Morgan fingerprint density at radius 2 is 2.31 bits per heavy atom. The van der Waals surface area contributed by atoms with Gasteiger partial charge in [-0.3, -0.25) is 4.40 Å². The summed E-state index contributed by atoms with van der Waals surface area (Å²) in [5.74, 6) is -0.340. The zero-order valence-corrected chi connectivity index (χ0v) is 7.11. The van der Waals surface area contributed by atoms with Gasteiger partial charge in [0.2, 0.25) is 0 Å². The summed E-state index contributed by atoms with van der Waals surface area (Å²) in [5.41, 5.74) is 1.23. The smallest absolute Gasteiger partial charge is 0.139 e. The summed E-state index contributed by atoms with van der Waals surface area (Å²) < 4.78 is 14.4. The number of aliphatic hydroxyl groups excluding tert-OH is 1. The highest BCUT2D eigenvalue weighted by Crippen LogP contribution is 2.14. The summed E-state index contributed by atoms with van der Waals surface area (Å²) in [6, 6.07) is 2.91. The molecule has 0 radical (unpaired) electrons. The molecule has 0 aliphatic heterocycles. The van der Waals surface area contributed by atoms with E-state index in [9.17, 15) is 9.50 Å². The molecule has 0 aromatic carbocycles. The summed E-state index contributed by atoms with van der Waals surface area (Å²) in [7, 11) is 0. The van der Waals surface area contributed by atoms with Gasteiger partial charge in [-0.15, -0.1) is 0 Å². The fourth-order valence-corrected chi connectivity index (χ4v) is 1.28. The maximum atomic E-state index is 12.8. The van der Waals surface area contributed by atoms with Gasteiger partial charge < -0.3 is 5.11 Å². The van der Waals surface area contributed by atoms with E-state index < -0.39 is 6.10 Å². The largest absolute Gasteiger partial charge is 0.387 e. The number of nitrogens with zero attached hydrogens (tertiary/aromatic N) is 2. The summed E-state index contributed by atoms with van der Waals surface area (Å²) in [5, 5.41) is 9.32. The minimum atomic E-state index is -0.642. The number of imidazole rings is 1. The molecule has 2 heterocycles. The van der Waals surface area contributed by atoms with Crippen molar-refractivity contribution in [3.63, 3.8) is 0 Å². The Labute approximate surface area is 74.5 Å². The van der Waals surface area contributed by atoms with Crippen LogP contribution in [0.2, 0.25) is 0 Å². The van der Waals surface area contributed by atoms with Crippen LogP contribution in [-0.4, -0.2) is 14.5 Å². The monoisotopic (exact) mass is 180 g/mol. The first-order valence-corrected chi connectivity index (χ1v) is 3.99. The van der Waals surface area contributed by atoms with Gasteiger partial charge in [-0.2, -0.15) is 0 Å². The number of hydrogen-bond acceptors (Lipinski definition) is 2.